The van der Waals surface area contributed by atoms with Crippen molar-refractivity contribution < 1.29 is 9.90 Å². The molecule has 2 aromatic rings. The lowest BCUT2D eigenvalue weighted by atomic mass is 9.95. The molecule has 0 unspecified atom stereocenters. The van der Waals surface area contributed by atoms with E-state index in [1.54, 1.807) is 18.2 Å². The van der Waals surface area contributed by atoms with E-state index in [9.17, 15) is 4.79 Å². The lowest BCUT2D eigenvalue weighted by molar-refractivity contribution is 0.0692. The Morgan fingerprint density at radius 1 is 1.54 bits per heavy atom. The van der Waals surface area contributed by atoms with Crippen molar-refractivity contribution in [2.24, 2.45) is 0 Å². The molecule has 13 heavy (non-hydrogen) atoms. The fourth-order valence-electron chi connectivity index (χ4n) is 1.19. The first-order valence-corrected chi connectivity index (χ1v) is 3.65. The highest BCUT2D eigenvalue weighted by atomic mass is 16.4. The molecule has 0 fully saturated rings. The van der Waals surface area contributed by atoms with E-state index in [1.165, 1.54) is 0 Å². The van der Waals surface area contributed by atoms with Crippen LogP contribution in [0, 0.1) is 0 Å². The lowest BCUT2D eigenvalue weighted by Crippen LogP contribution is -2.02. The van der Waals surface area contributed by atoms with E-state index in [1.807, 2.05) is 0 Å². The smallest absolute Gasteiger partial charge is 0.357 e. The number of carboxylic acids is 1. The third-order valence-corrected chi connectivity index (χ3v) is 1.79. The third kappa shape index (κ3) is 1.18. The minimum absolute atomic E-state index is 0.00213. The molecule has 0 aliphatic heterocycles. The van der Waals surface area contributed by atoms with Crippen molar-refractivity contribution in [3.05, 3.63) is 23.9 Å². The molecule has 0 bridgehead atoms. The Balaban J connectivity index is 2.79. The second kappa shape index (κ2) is 2.62. The number of hydrogen-bond donors (Lipinski definition) is 2. The molecular formula is C8H5BN2O2. The van der Waals surface area contributed by atoms with Gasteiger partial charge in [0.15, 0.2) is 5.69 Å². The van der Waals surface area contributed by atoms with Gasteiger partial charge in [0.05, 0.1) is 5.52 Å². The van der Waals surface area contributed by atoms with Gasteiger partial charge in [-0.1, -0.05) is 17.6 Å². The summed E-state index contributed by atoms with van der Waals surface area (Å²) in [6.07, 6.45) is 0. The van der Waals surface area contributed by atoms with Gasteiger partial charge in [0.1, 0.15) is 7.85 Å². The molecule has 0 atom stereocenters. The average molecular weight is 172 g/mol. The van der Waals surface area contributed by atoms with E-state index in [-0.39, 0.29) is 5.69 Å². The van der Waals surface area contributed by atoms with Crippen LogP contribution in [0.4, 0.5) is 0 Å². The van der Waals surface area contributed by atoms with Crippen LogP contribution < -0.4 is 5.46 Å². The topological polar surface area (TPSA) is 66.0 Å². The maximum Gasteiger partial charge on any atom is 0.357 e. The summed E-state index contributed by atoms with van der Waals surface area (Å²) in [5, 5.41) is 15.5. The van der Waals surface area contributed by atoms with Crippen molar-refractivity contribution in [1.29, 1.82) is 0 Å². The molecule has 4 nitrogen and oxygen atoms in total. The highest BCUT2D eigenvalue weighted by Crippen LogP contribution is 2.13. The van der Waals surface area contributed by atoms with E-state index in [0.29, 0.717) is 16.4 Å². The van der Waals surface area contributed by atoms with Gasteiger partial charge in [0.2, 0.25) is 0 Å². The number of carbonyl (C=O) groups is 1. The summed E-state index contributed by atoms with van der Waals surface area (Å²) in [7, 11) is 5.52. The first-order chi connectivity index (χ1) is 6.18. The summed E-state index contributed by atoms with van der Waals surface area (Å²) >= 11 is 0. The number of aromatic nitrogens is 2. The maximum absolute atomic E-state index is 10.7. The van der Waals surface area contributed by atoms with Gasteiger partial charge in [0, 0.05) is 5.39 Å². The fraction of sp³-hybridized carbons (Fsp3) is 0. The molecule has 1 heterocycles. The highest BCUT2D eigenvalue weighted by Gasteiger charge is 2.11. The zero-order valence-electron chi connectivity index (χ0n) is 6.61. The quantitative estimate of drug-likeness (QED) is 0.597. The Morgan fingerprint density at radius 3 is 3.00 bits per heavy atom. The monoisotopic (exact) mass is 172 g/mol. The molecule has 2 radical (unpaired) electrons. The van der Waals surface area contributed by atoms with Gasteiger partial charge in [-0.2, -0.15) is 5.10 Å². The Labute approximate surface area is 75.0 Å². The van der Waals surface area contributed by atoms with Crippen LogP contribution in [0.25, 0.3) is 10.9 Å². The molecular weight excluding hydrogens is 167 g/mol. The van der Waals surface area contributed by atoms with Crippen molar-refractivity contribution in [1.82, 2.24) is 10.2 Å². The minimum atomic E-state index is -1.06. The van der Waals surface area contributed by atoms with Crippen molar-refractivity contribution in [2.45, 2.75) is 0 Å². The molecule has 2 N–H and O–H groups in total. The summed E-state index contributed by atoms with van der Waals surface area (Å²) in [5.41, 5.74) is 1.20. The number of fused-ring (bicyclic) bond motifs is 1. The van der Waals surface area contributed by atoms with E-state index < -0.39 is 5.97 Å². The summed E-state index contributed by atoms with van der Waals surface area (Å²) in [5.74, 6) is -1.06. The number of hydrogen-bond acceptors (Lipinski definition) is 2. The molecule has 1 aromatic heterocycles. The largest absolute Gasteiger partial charge is 0.476 e. The van der Waals surface area contributed by atoms with Crippen molar-refractivity contribution in [3.8, 4) is 0 Å². The zero-order valence-corrected chi connectivity index (χ0v) is 6.61. The predicted octanol–water partition coefficient (Wildman–Crippen LogP) is 0.0549. The lowest BCUT2D eigenvalue weighted by Gasteiger charge is -1.92. The van der Waals surface area contributed by atoms with Crippen LogP contribution in [0.3, 0.4) is 0 Å². The molecule has 0 saturated heterocycles. The summed E-state index contributed by atoms with van der Waals surface area (Å²) < 4.78 is 0. The second-order valence-corrected chi connectivity index (χ2v) is 2.68. The Hall–Kier alpha value is -1.78. The van der Waals surface area contributed by atoms with Gasteiger partial charge in [-0.25, -0.2) is 4.79 Å². The average Bonchev–Trinajstić information content (AvgIpc) is 2.46. The second-order valence-electron chi connectivity index (χ2n) is 2.68. The van der Waals surface area contributed by atoms with E-state index in [0.717, 1.165) is 0 Å². The van der Waals surface area contributed by atoms with Crippen LogP contribution in [-0.2, 0) is 0 Å². The maximum atomic E-state index is 10.7. The number of benzene rings is 1. The zero-order chi connectivity index (χ0) is 9.42. The number of H-pyrrole nitrogens is 1. The summed E-state index contributed by atoms with van der Waals surface area (Å²) in [6.45, 7) is 0. The van der Waals surface area contributed by atoms with Gasteiger partial charge >= 0.3 is 5.97 Å². The van der Waals surface area contributed by atoms with Crippen LogP contribution in [0.1, 0.15) is 10.5 Å². The number of nitrogens with zero attached hydrogens (tertiary/aromatic N) is 1. The molecule has 2 rings (SSSR count). The summed E-state index contributed by atoms with van der Waals surface area (Å²) in [6, 6.07) is 4.97. The highest BCUT2D eigenvalue weighted by molar-refractivity contribution is 6.33. The normalized spacial score (nSPS) is 10.5. The number of rotatable bonds is 1. The fourth-order valence-corrected chi connectivity index (χ4v) is 1.19. The standard InChI is InChI=1S/C8H5BN2O2/c9-4-1-2-6-5(3-4)7(8(12)13)11-10-6/h1-3H,(H,10,11)(H,12,13). The van der Waals surface area contributed by atoms with Crippen molar-refractivity contribution in [3.63, 3.8) is 0 Å². The van der Waals surface area contributed by atoms with E-state index in [4.69, 9.17) is 13.0 Å². The van der Waals surface area contributed by atoms with Crippen LogP contribution in [0.2, 0.25) is 0 Å². The van der Waals surface area contributed by atoms with Gasteiger partial charge in [-0.15, -0.1) is 0 Å². The minimum Gasteiger partial charge on any atom is -0.476 e. The van der Waals surface area contributed by atoms with E-state index >= 15 is 0 Å². The molecule has 0 amide bonds. The molecule has 0 aliphatic carbocycles. The van der Waals surface area contributed by atoms with Gasteiger partial charge < -0.3 is 5.11 Å². The molecule has 1 aromatic carbocycles. The third-order valence-electron chi connectivity index (χ3n) is 1.79. The Kier molecular flexibility index (Phi) is 1.58. The molecule has 62 valence electrons. The van der Waals surface area contributed by atoms with Crippen LogP contribution in [0.15, 0.2) is 18.2 Å². The van der Waals surface area contributed by atoms with Crippen LogP contribution in [0.5, 0.6) is 0 Å². The first kappa shape index (κ1) is 7.85. The van der Waals surface area contributed by atoms with Gasteiger partial charge in [-0.3, -0.25) is 5.10 Å². The first-order valence-electron chi connectivity index (χ1n) is 3.65. The number of carboxylic acid groups (broad SMARTS) is 1. The van der Waals surface area contributed by atoms with Crippen molar-refractivity contribution >= 4 is 30.2 Å². The molecule has 5 heteroatoms. The summed E-state index contributed by atoms with van der Waals surface area (Å²) in [4.78, 5) is 10.7. The van der Waals surface area contributed by atoms with Crippen molar-refractivity contribution in [2.75, 3.05) is 0 Å². The number of nitrogens with one attached hydrogen (secondary N) is 1. The Morgan fingerprint density at radius 2 is 2.31 bits per heavy atom. The Bertz CT molecular complexity index is 478. The number of aromatic carboxylic acids is 1. The molecule has 0 spiro atoms. The molecule has 0 aliphatic rings. The van der Waals surface area contributed by atoms with Gasteiger partial charge in [0.25, 0.3) is 0 Å². The number of aromatic amines is 1. The van der Waals surface area contributed by atoms with E-state index in [2.05, 4.69) is 10.2 Å². The molecule has 0 saturated carbocycles. The van der Waals surface area contributed by atoms with Gasteiger partial charge in [-0.05, 0) is 6.07 Å². The predicted molar refractivity (Wildman–Crippen MR) is 48.4 cm³/mol. The SMILES string of the molecule is [B]c1ccc2[nH]nc(C(=O)O)c2c1. The van der Waals surface area contributed by atoms with Crippen LogP contribution in [-0.4, -0.2) is 29.1 Å². The van der Waals surface area contributed by atoms with Crippen LogP contribution >= 0.6 is 0 Å².